The molecule has 84 valence electrons. The largest absolute Gasteiger partial charge is 0.320 e. The first kappa shape index (κ1) is 11.9. The van der Waals surface area contributed by atoms with Crippen LogP contribution in [0.2, 0.25) is 9.36 Å². The van der Waals surface area contributed by atoms with Gasteiger partial charge in [-0.1, -0.05) is 35.3 Å². The van der Waals surface area contributed by atoms with E-state index in [2.05, 4.69) is 0 Å². The monoisotopic (exact) mass is 271 g/mol. The molecule has 2 rings (SSSR count). The van der Waals surface area contributed by atoms with Crippen molar-refractivity contribution in [2.75, 3.05) is 0 Å². The average molecular weight is 272 g/mol. The Morgan fingerprint density at radius 1 is 1.19 bits per heavy atom. The van der Waals surface area contributed by atoms with Crippen LogP contribution < -0.4 is 5.73 Å². The van der Waals surface area contributed by atoms with Crippen molar-refractivity contribution in [3.8, 4) is 0 Å². The van der Waals surface area contributed by atoms with Gasteiger partial charge in [0, 0.05) is 9.90 Å². The van der Waals surface area contributed by atoms with Crippen molar-refractivity contribution in [3.05, 3.63) is 55.7 Å². The van der Waals surface area contributed by atoms with Crippen molar-refractivity contribution in [1.82, 2.24) is 0 Å². The SMILES string of the molecule is Cc1c(Cl)cccc1C(N)c1ccc(Cl)s1. The Balaban J connectivity index is 2.41. The molecule has 0 fully saturated rings. The number of halogens is 2. The van der Waals surface area contributed by atoms with E-state index in [1.165, 1.54) is 11.3 Å². The minimum absolute atomic E-state index is 0.156. The van der Waals surface area contributed by atoms with Crippen LogP contribution in [0.3, 0.4) is 0 Å². The molecule has 0 aliphatic carbocycles. The van der Waals surface area contributed by atoms with Crippen LogP contribution in [-0.4, -0.2) is 0 Å². The predicted molar refractivity (Wildman–Crippen MR) is 71.5 cm³/mol. The van der Waals surface area contributed by atoms with Crippen LogP contribution in [0.15, 0.2) is 30.3 Å². The Kier molecular flexibility index (Phi) is 3.55. The number of benzene rings is 1. The first-order valence-electron chi connectivity index (χ1n) is 4.85. The fourth-order valence-electron chi connectivity index (χ4n) is 1.61. The van der Waals surface area contributed by atoms with E-state index in [1.807, 2.05) is 37.3 Å². The van der Waals surface area contributed by atoms with E-state index in [-0.39, 0.29) is 6.04 Å². The first-order chi connectivity index (χ1) is 7.59. The van der Waals surface area contributed by atoms with Crippen molar-refractivity contribution >= 4 is 34.5 Å². The van der Waals surface area contributed by atoms with Gasteiger partial charge in [-0.25, -0.2) is 0 Å². The summed E-state index contributed by atoms with van der Waals surface area (Å²) in [7, 11) is 0. The van der Waals surface area contributed by atoms with Crippen LogP contribution in [0.1, 0.15) is 22.0 Å². The van der Waals surface area contributed by atoms with E-state index < -0.39 is 0 Å². The van der Waals surface area contributed by atoms with E-state index in [4.69, 9.17) is 28.9 Å². The molecule has 1 aromatic heterocycles. The maximum absolute atomic E-state index is 6.19. The Hall–Kier alpha value is -0.540. The third kappa shape index (κ3) is 2.25. The molecule has 0 radical (unpaired) electrons. The third-order valence-electron chi connectivity index (χ3n) is 2.55. The number of thiophene rings is 1. The van der Waals surface area contributed by atoms with E-state index in [0.717, 1.165) is 25.4 Å². The molecule has 2 N–H and O–H groups in total. The quantitative estimate of drug-likeness (QED) is 0.860. The Labute approximate surface area is 109 Å². The van der Waals surface area contributed by atoms with Gasteiger partial charge in [0.05, 0.1) is 10.4 Å². The van der Waals surface area contributed by atoms with Crippen molar-refractivity contribution in [2.24, 2.45) is 5.73 Å². The summed E-state index contributed by atoms with van der Waals surface area (Å²) < 4.78 is 0.755. The number of hydrogen-bond donors (Lipinski definition) is 1. The molecule has 1 aromatic carbocycles. The van der Waals surface area contributed by atoms with Crippen molar-refractivity contribution < 1.29 is 0 Å². The summed E-state index contributed by atoms with van der Waals surface area (Å²) in [5.74, 6) is 0. The number of nitrogens with two attached hydrogens (primary N) is 1. The van der Waals surface area contributed by atoms with Gasteiger partial charge in [0.25, 0.3) is 0 Å². The van der Waals surface area contributed by atoms with Crippen LogP contribution in [0.4, 0.5) is 0 Å². The number of rotatable bonds is 2. The summed E-state index contributed by atoms with van der Waals surface area (Å²) in [6.45, 7) is 1.98. The van der Waals surface area contributed by atoms with Crippen molar-refractivity contribution in [2.45, 2.75) is 13.0 Å². The molecule has 16 heavy (non-hydrogen) atoms. The molecule has 0 aliphatic heterocycles. The zero-order valence-corrected chi connectivity index (χ0v) is 11.0. The van der Waals surface area contributed by atoms with Crippen LogP contribution in [0.5, 0.6) is 0 Å². The lowest BCUT2D eigenvalue weighted by atomic mass is 10.0. The third-order valence-corrected chi connectivity index (χ3v) is 4.27. The second-order valence-electron chi connectivity index (χ2n) is 3.57. The standard InChI is InChI=1S/C12H11Cl2NS/c1-7-8(3-2-4-9(7)13)12(15)10-5-6-11(14)16-10/h2-6,12H,15H2,1H3. The molecule has 4 heteroatoms. The molecule has 1 nitrogen and oxygen atoms in total. The predicted octanol–water partition coefficient (Wildman–Crippen LogP) is 4.41. The number of hydrogen-bond acceptors (Lipinski definition) is 2. The first-order valence-corrected chi connectivity index (χ1v) is 6.42. The molecule has 0 spiro atoms. The van der Waals surface area contributed by atoms with Gasteiger partial charge in [-0.3, -0.25) is 0 Å². The lowest BCUT2D eigenvalue weighted by molar-refractivity contribution is 0.883. The summed E-state index contributed by atoms with van der Waals surface area (Å²) in [6, 6.07) is 9.45. The molecule has 0 bridgehead atoms. The van der Waals surface area contributed by atoms with Gasteiger partial charge in [0.15, 0.2) is 0 Å². The topological polar surface area (TPSA) is 26.0 Å². The van der Waals surface area contributed by atoms with E-state index in [9.17, 15) is 0 Å². The maximum Gasteiger partial charge on any atom is 0.0931 e. The molecule has 0 saturated heterocycles. The van der Waals surface area contributed by atoms with E-state index in [1.54, 1.807) is 0 Å². The Morgan fingerprint density at radius 3 is 2.56 bits per heavy atom. The smallest absolute Gasteiger partial charge is 0.0931 e. The highest BCUT2D eigenvalue weighted by Crippen LogP contribution is 2.32. The van der Waals surface area contributed by atoms with Gasteiger partial charge >= 0.3 is 0 Å². The minimum Gasteiger partial charge on any atom is -0.320 e. The van der Waals surface area contributed by atoms with Gasteiger partial charge in [-0.15, -0.1) is 11.3 Å². The molecule has 1 unspecified atom stereocenters. The van der Waals surface area contributed by atoms with Gasteiger partial charge < -0.3 is 5.73 Å². The van der Waals surface area contributed by atoms with Crippen LogP contribution in [-0.2, 0) is 0 Å². The molecule has 1 heterocycles. The fraction of sp³-hybridized carbons (Fsp3) is 0.167. The van der Waals surface area contributed by atoms with Crippen LogP contribution in [0.25, 0.3) is 0 Å². The molecular weight excluding hydrogens is 261 g/mol. The summed E-state index contributed by atoms with van der Waals surface area (Å²) >= 11 is 13.5. The Bertz CT molecular complexity index is 507. The van der Waals surface area contributed by atoms with Crippen molar-refractivity contribution in [3.63, 3.8) is 0 Å². The molecule has 1 atom stereocenters. The molecule has 0 aliphatic rings. The Morgan fingerprint density at radius 2 is 1.94 bits per heavy atom. The molecule has 2 aromatic rings. The van der Waals surface area contributed by atoms with Gasteiger partial charge in [-0.05, 0) is 36.2 Å². The highest BCUT2D eigenvalue weighted by atomic mass is 35.5. The van der Waals surface area contributed by atoms with Crippen LogP contribution >= 0.6 is 34.5 Å². The average Bonchev–Trinajstić information content (AvgIpc) is 2.68. The molecule has 0 saturated carbocycles. The summed E-state index contributed by atoms with van der Waals surface area (Å²) in [4.78, 5) is 1.05. The second kappa shape index (κ2) is 4.76. The highest BCUT2D eigenvalue weighted by molar-refractivity contribution is 7.16. The lowest BCUT2D eigenvalue weighted by Gasteiger charge is -2.13. The van der Waals surface area contributed by atoms with E-state index in [0.29, 0.717) is 0 Å². The summed E-state index contributed by atoms with van der Waals surface area (Å²) in [5.41, 5.74) is 8.27. The zero-order valence-electron chi connectivity index (χ0n) is 8.71. The maximum atomic E-state index is 6.19. The second-order valence-corrected chi connectivity index (χ2v) is 5.73. The highest BCUT2D eigenvalue weighted by Gasteiger charge is 2.14. The lowest BCUT2D eigenvalue weighted by Crippen LogP contribution is -2.11. The summed E-state index contributed by atoms with van der Waals surface area (Å²) in [6.07, 6.45) is 0. The normalized spacial score (nSPS) is 12.8. The minimum atomic E-state index is -0.156. The fourth-order valence-corrected chi connectivity index (χ4v) is 2.87. The van der Waals surface area contributed by atoms with Gasteiger partial charge in [0.1, 0.15) is 0 Å². The summed E-state index contributed by atoms with van der Waals surface area (Å²) in [5, 5.41) is 0.746. The zero-order chi connectivity index (χ0) is 11.7. The van der Waals surface area contributed by atoms with Crippen LogP contribution in [0, 0.1) is 6.92 Å². The molecule has 0 amide bonds. The van der Waals surface area contributed by atoms with Crippen molar-refractivity contribution in [1.29, 1.82) is 0 Å². The molecular formula is C12H11Cl2NS. The van der Waals surface area contributed by atoms with Gasteiger partial charge in [0.2, 0.25) is 0 Å². The van der Waals surface area contributed by atoms with Gasteiger partial charge in [-0.2, -0.15) is 0 Å². The van der Waals surface area contributed by atoms with E-state index >= 15 is 0 Å².